The van der Waals surface area contributed by atoms with E-state index in [1.165, 1.54) is 5.56 Å². The lowest BCUT2D eigenvalue weighted by Gasteiger charge is -2.23. The Morgan fingerprint density at radius 1 is 1.18 bits per heavy atom. The van der Waals surface area contributed by atoms with Gasteiger partial charge in [0.2, 0.25) is 0 Å². The summed E-state index contributed by atoms with van der Waals surface area (Å²) in [4.78, 5) is 23.6. The number of nitrogens with one attached hydrogen (secondary N) is 2. The summed E-state index contributed by atoms with van der Waals surface area (Å²) in [5.41, 5.74) is 0.602. The Morgan fingerprint density at radius 3 is 2.43 bits per heavy atom. The van der Waals surface area contributed by atoms with Crippen LogP contribution in [-0.4, -0.2) is 56.3 Å². The molecule has 1 aromatic rings. The van der Waals surface area contributed by atoms with Gasteiger partial charge in [-0.15, -0.1) is 0 Å². The van der Waals surface area contributed by atoms with Crippen LogP contribution in [0.15, 0.2) is 24.3 Å². The number of alkyl carbamates (subject to hydrolysis) is 1. The molecule has 0 heterocycles. The summed E-state index contributed by atoms with van der Waals surface area (Å²) in [5.74, 6) is 1.97. The molecule has 0 bridgehead atoms. The van der Waals surface area contributed by atoms with E-state index in [4.69, 9.17) is 14.2 Å². The van der Waals surface area contributed by atoms with Crippen molar-refractivity contribution >= 4 is 23.8 Å². The van der Waals surface area contributed by atoms with Crippen LogP contribution < -0.4 is 15.4 Å². The summed E-state index contributed by atoms with van der Waals surface area (Å²) < 4.78 is 15.4. The minimum absolute atomic E-state index is 0.101. The number of hydrogen-bond acceptors (Lipinski definition) is 7. The topological polar surface area (TPSA) is 85.9 Å². The van der Waals surface area contributed by atoms with Gasteiger partial charge in [-0.1, -0.05) is 12.1 Å². The third kappa shape index (κ3) is 11.0. The molecule has 158 valence electrons. The molecule has 0 unspecified atom stereocenters. The fourth-order valence-corrected chi connectivity index (χ4v) is 3.26. The Balaban J connectivity index is 2.52. The van der Waals surface area contributed by atoms with E-state index >= 15 is 0 Å². The van der Waals surface area contributed by atoms with Crippen molar-refractivity contribution in [2.45, 2.75) is 45.1 Å². The Kier molecular flexibility index (Phi) is 10.8. The first-order chi connectivity index (χ1) is 13.2. The Morgan fingerprint density at radius 2 is 1.86 bits per heavy atom. The maximum atomic E-state index is 12.1. The van der Waals surface area contributed by atoms with Gasteiger partial charge in [-0.3, -0.25) is 4.79 Å². The van der Waals surface area contributed by atoms with Gasteiger partial charge in [0.1, 0.15) is 11.4 Å². The van der Waals surface area contributed by atoms with Crippen molar-refractivity contribution in [3.8, 4) is 5.75 Å². The lowest BCUT2D eigenvalue weighted by Crippen LogP contribution is -2.46. The lowest BCUT2D eigenvalue weighted by molar-refractivity contribution is -0.141. The molecule has 0 fully saturated rings. The highest BCUT2D eigenvalue weighted by molar-refractivity contribution is 7.98. The normalized spacial score (nSPS) is 12.2. The summed E-state index contributed by atoms with van der Waals surface area (Å²) in [7, 11) is 1.64. The maximum Gasteiger partial charge on any atom is 0.407 e. The van der Waals surface area contributed by atoms with Gasteiger partial charge >= 0.3 is 12.1 Å². The van der Waals surface area contributed by atoms with Crippen molar-refractivity contribution in [2.24, 2.45) is 0 Å². The molecule has 0 saturated heterocycles. The Labute approximate surface area is 171 Å². The first-order valence-electron chi connectivity index (χ1n) is 9.30. The van der Waals surface area contributed by atoms with Crippen molar-refractivity contribution in [3.05, 3.63) is 29.8 Å². The van der Waals surface area contributed by atoms with E-state index in [-0.39, 0.29) is 18.6 Å². The zero-order valence-corrected chi connectivity index (χ0v) is 18.2. The molecule has 8 heteroatoms. The average Bonchev–Trinajstić information content (AvgIpc) is 2.60. The van der Waals surface area contributed by atoms with Crippen LogP contribution in [0, 0.1) is 0 Å². The molecule has 1 aromatic carbocycles. The highest BCUT2D eigenvalue weighted by Gasteiger charge is 2.19. The third-order valence-corrected chi connectivity index (χ3v) is 4.61. The molecule has 0 aliphatic heterocycles. The molecule has 1 atom stereocenters. The van der Waals surface area contributed by atoms with Crippen LogP contribution in [0.5, 0.6) is 5.75 Å². The van der Waals surface area contributed by atoms with E-state index in [1.54, 1.807) is 25.8 Å². The quantitative estimate of drug-likeness (QED) is 0.541. The van der Waals surface area contributed by atoms with Crippen LogP contribution in [-0.2, 0) is 20.0 Å². The summed E-state index contributed by atoms with van der Waals surface area (Å²) >= 11 is 1.69. The molecule has 1 rings (SSSR count). The minimum Gasteiger partial charge on any atom is -0.497 e. The van der Waals surface area contributed by atoms with Crippen LogP contribution in [0.4, 0.5) is 4.79 Å². The summed E-state index contributed by atoms with van der Waals surface area (Å²) in [6, 6.07) is 7.69. The van der Waals surface area contributed by atoms with Crippen molar-refractivity contribution in [1.82, 2.24) is 10.6 Å². The minimum atomic E-state index is -0.566. The van der Waals surface area contributed by atoms with E-state index in [0.717, 1.165) is 11.5 Å². The van der Waals surface area contributed by atoms with E-state index < -0.39 is 11.7 Å². The number of ether oxygens (including phenoxy) is 3. The molecule has 0 spiro atoms. The molecule has 28 heavy (non-hydrogen) atoms. The van der Waals surface area contributed by atoms with E-state index in [2.05, 4.69) is 10.6 Å². The zero-order chi connectivity index (χ0) is 21.0. The molecule has 2 N–H and O–H groups in total. The fourth-order valence-electron chi connectivity index (χ4n) is 2.23. The number of esters is 1. The van der Waals surface area contributed by atoms with E-state index in [1.807, 2.05) is 45.0 Å². The SMILES string of the molecule is CCOC(=O)CNC[C@H](CSCc1ccc(OC)cc1)NC(=O)OC(C)(C)C. The number of benzene rings is 1. The van der Waals surface area contributed by atoms with Gasteiger partial charge in [0.15, 0.2) is 0 Å². The summed E-state index contributed by atoms with van der Waals surface area (Å²) in [6.45, 7) is 8.10. The van der Waals surface area contributed by atoms with E-state index in [0.29, 0.717) is 18.9 Å². The number of thioether (sulfide) groups is 1. The smallest absolute Gasteiger partial charge is 0.407 e. The van der Waals surface area contributed by atoms with Gasteiger partial charge in [-0.05, 0) is 45.4 Å². The second kappa shape index (κ2) is 12.5. The highest BCUT2D eigenvalue weighted by Crippen LogP contribution is 2.17. The third-order valence-electron chi connectivity index (χ3n) is 3.43. The van der Waals surface area contributed by atoms with Gasteiger partial charge in [0.05, 0.1) is 26.3 Å². The van der Waals surface area contributed by atoms with Crippen LogP contribution >= 0.6 is 11.8 Å². The predicted molar refractivity (Wildman–Crippen MR) is 112 cm³/mol. The molecule has 0 aliphatic carbocycles. The molecule has 0 aliphatic rings. The zero-order valence-electron chi connectivity index (χ0n) is 17.4. The largest absolute Gasteiger partial charge is 0.497 e. The van der Waals surface area contributed by atoms with Gasteiger partial charge in [-0.25, -0.2) is 4.79 Å². The lowest BCUT2D eigenvalue weighted by atomic mass is 10.2. The predicted octanol–water partition coefficient (Wildman–Crippen LogP) is 2.97. The second-order valence-corrected chi connectivity index (χ2v) is 8.17. The molecular weight excluding hydrogens is 380 g/mol. The van der Waals surface area contributed by atoms with Crippen molar-refractivity contribution < 1.29 is 23.8 Å². The van der Waals surface area contributed by atoms with Crippen molar-refractivity contribution in [3.63, 3.8) is 0 Å². The van der Waals surface area contributed by atoms with Crippen molar-refractivity contribution in [1.29, 1.82) is 0 Å². The first kappa shape index (κ1) is 24.1. The highest BCUT2D eigenvalue weighted by atomic mass is 32.2. The van der Waals surface area contributed by atoms with E-state index in [9.17, 15) is 9.59 Å². The number of methoxy groups -OCH3 is 1. The monoisotopic (exact) mass is 412 g/mol. The number of carbonyl (C=O) groups is 2. The second-order valence-electron chi connectivity index (χ2n) is 7.14. The van der Waals surface area contributed by atoms with Gasteiger partial charge in [-0.2, -0.15) is 11.8 Å². The van der Waals surface area contributed by atoms with Gasteiger partial charge < -0.3 is 24.8 Å². The maximum absolute atomic E-state index is 12.1. The molecular formula is C20H32N2O5S. The number of hydrogen-bond donors (Lipinski definition) is 2. The van der Waals surface area contributed by atoms with Crippen LogP contribution in [0.25, 0.3) is 0 Å². The van der Waals surface area contributed by atoms with Crippen LogP contribution in [0.1, 0.15) is 33.3 Å². The van der Waals surface area contributed by atoms with Crippen LogP contribution in [0.3, 0.4) is 0 Å². The summed E-state index contributed by atoms with van der Waals surface area (Å²) in [6.07, 6.45) is -0.472. The number of rotatable bonds is 11. The Hall–Kier alpha value is -1.93. The molecule has 0 radical (unpaired) electrons. The number of carbonyl (C=O) groups excluding carboxylic acids is 2. The standard InChI is InChI=1S/C20H32N2O5S/c1-6-26-18(23)12-21-11-16(22-19(24)27-20(2,3)4)14-28-13-15-7-9-17(25-5)10-8-15/h7-10,16,21H,6,11-14H2,1-5H3,(H,22,24)/t16-/m1/s1. The number of amides is 1. The molecule has 0 saturated carbocycles. The fraction of sp³-hybridized carbons (Fsp3) is 0.600. The molecule has 1 amide bonds. The van der Waals surface area contributed by atoms with Crippen molar-refractivity contribution in [2.75, 3.05) is 32.6 Å². The molecule has 7 nitrogen and oxygen atoms in total. The first-order valence-corrected chi connectivity index (χ1v) is 10.5. The Bertz CT molecular complexity index is 602. The molecule has 0 aromatic heterocycles. The van der Waals surface area contributed by atoms with Crippen LogP contribution in [0.2, 0.25) is 0 Å². The van der Waals surface area contributed by atoms with Gasteiger partial charge in [0.25, 0.3) is 0 Å². The average molecular weight is 413 g/mol. The van der Waals surface area contributed by atoms with Gasteiger partial charge in [0, 0.05) is 18.1 Å². The summed E-state index contributed by atoms with van der Waals surface area (Å²) in [5, 5.41) is 5.89.